The van der Waals surface area contributed by atoms with E-state index in [-0.39, 0.29) is 24.4 Å². The summed E-state index contributed by atoms with van der Waals surface area (Å²) in [7, 11) is 0. The van der Waals surface area contributed by atoms with E-state index in [1.807, 2.05) is 13.8 Å². The van der Waals surface area contributed by atoms with Crippen molar-refractivity contribution in [2.75, 3.05) is 26.4 Å². The fraction of sp³-hybridized carbons (Fsp3) is 1.00. The molecule has 3 atom stereocenters. The Morgan fingerprint density at radius 1 is 1.59 bits per heavy atom. The van der Waals surface area contributed by atoms with E-state index in [0.29, 0.717) is 6.61 Å². The molecule has 1 rings (SSSR count). The van der Waals surface area contributed by atoms with Crippen molar-refractivity contribution in [2.45, 2.75) is 57.8 Å². The Morgan fingerprint density at radius 3 is 2.88 bits per heavy atom. The van der Waals surface area contributed by atoms with Gasteiger partial charge in [0.15, 0.2) is 0 Å². The Morgan fingerprint density at radius 2 is 2.35 bits per heavy atom. The Hall–Kier alpha value is -0.160. The minimum Gasteiger partial charge on any atom is -0.394 e. The van der Waals surface area contributed by atoms with Gasteiger partial charge in [0.25, 0.3) is 0 Å². The molecule has 1 aliphatic heterocycles. The first-order chi connectivity index (χ1) is 8.09. The standard InChI is InChI=1S/C13H27NO3/c1-4-14-13(3,10-15)8-11(2)17-9-12-6-5-7-16-12/h11-12,14-15H,4-10H2,1-3H3. The number of nitrogens with one attached hydrogen (secondary N) is 1. The smallest absolute Gasteiger partial charge is 0.0809 e. The maximum atomic E-state index is 9.40. The van der Waals surface area contributed by atoms with Crippen molar-refractivity contribution in [3.05, 3.63) is 0 Å². The van der Waals surface area contributed by atoms with Crippen molar-refractivity contribution >= 4 is 0 Å². The van der Waals surface area contributed by atoms with Gasteiger partial charge in [-0.3, -0.25) is 0 Å². The largest absolute Gasteiger partial charge is 0.394 e. The summed E-state index contributed by atoms with van der Waals surface area (Å²) in [5, 5.41) is 12.7. The Bertz CT molecular complexity index is 207. The number of aliphatic hydroxyl groups excluding tert-OH is 1. The minimum atomic E-state index is -0.245. The zero-order valence-electron chi connectivity index (χ0n) is 11.4. The molecule has 0 amide bonds. The van der Waals surface area contributed by atoms with Gasteiger partial charge in [0.1, 0.15) is 0 Å². The van der Waals surface area contributed by atoms with Gasteiger partial charge in [0, 0.05) is 12.1 Å². The lowest BCUT2D eigenvalue weighted by Gasteiger charge is -2.31. The van der Waals surface area contributed by atoms with E-state index in [0.717, 1.165) is 32.4 Å². The van der Waals surface area contributed by atoms with Gasteiger partial charge in [0.05, 0.1) is 25.4 Å². The number of likely N-dealkylation sites (N-methyl/N-ethyl adjacent to an activating group) is 1. The van der Waals surface area contributed by atoms with Gasteiger partial charge in [-0.15, -0.1) is 0 Å². The molecule has 0 aromatic carbocycles. The summed E-state index contributed by atoms with van der Waals surface area (Å²) in [4.78, 5) is 0. The Labute approximate surface area is 105 Å². The van der Waals surface area contributed by atoms with E-state index < -0.39 is 0 Å². The summed E-state index contributed by atoms with van der Waals surface area (Å²) in [5.41, 5.74) is -0.245. The number of hydrogen-bond donors (Lipinski definition) is 2. The van der Waals surface area contributed by atoms with Crippen molar-refractivity contribution < 1.29 is 14.6 Å². The molecule has 4 heteroatoms. The Kier molecular flexibility index (Phi) is 6.41. The van der Waals surface area contributed by atoms with E-state index in [1.54, 1.807) is 0 Å². The van der Waals surface area contributed by atoms with Gasteiger partial charge in [-0.25, -0.2) is 0 Å². The van der Waals surface area contributed by atoms with Crippen molar-refractivity contribution in [3.63, 3.8) is 0 Å². The van der Waals surface area contributed by atoms with Crippen LogP contribution in [0.15, 0.2) is 0 Å². The predicted molar refractivity (Wildman–Crippen MR) is 68.2 cm³/mol. The average Bonchev–Trinajstić information content (AvgIpc) is 2.79. The molecule has 1 aliphatic rings. The highest BCUT2D eigenvalue weighted by Gasteiger charge is 2.26. The lowest BCUT2D eigenvalue weighted by molar-refractivity contribution is -0.0284. The summed E-state index contributed by atoms with van der Waals surface area (Å²) in [5.74, 6) is 0. The molecule has 0 saturated carbocycles. The quantitative estimate of drug-likeness (QED) is 0.677. The second kappa shape index (κ2) is 7.31. The summed E-state index contributed by atoms with van der Waals surface area (Å²) >= 11 is 0. The number of rotatable bonds is 8. The first kappa shape index (κ1) is 14.9. The lowest BCUT2D eigenvalue weighted by atomic mass is 9.95. The zero-order chi connectivity index (χ0) is 12.7. The normalized spacial score (nSPS) is 25.8. The molecule has 0 aliphatic carbocycles. The predicted octanol–water partition coefficient (Wildman–Crippen LogP) is 1.32. The average molecular weight is 245 g/mol. The van der Waals surface area contributed by atoms with Crippen LogP contribution in [0.1, 0.15) is 40.0 Å². The summed E-state index contributed by atoms with van der Waals surface area (Å²) < 4.78 is 11.3. The molecular weight excluding hydrogens is 218 g/mol. The third-order valence-electron chi connectivity index (χ3n) is 3.28. The summed E-state index contributed by atoms with van der Waals surface area (Å²) in [6, 6.07) is 0. The van der Waals surface area contributed by atoms with Crippen molar-refractivity contribution in [1.82, 2.24) is 5.32 Å². The molecule has 102 valence electrons. The lowest BCUT2D eigenvalue weighted by Crippen LogP contribution is -2.48. The first-order valence-electron chi connectivity index (χ1n) is 6.68. The monoisotopic (exact) mass is 245 g/mol. The fourth-order valence-corrected chi connectivity index (χ4v) is 2.36. The van der Waals surface area contributed by atoms with Crippen LogP contribution in [-0.4, -0.2) is 49.2 Å². The second-order valence-corrected chi connectivity index (χ2v) is 5.23. The van der Waals surface area contributed by atoms with E-state index in [1.165, 1.54) is 0 Å². The second-order valence-electron chi connectivity index (χ2n) is 5.23. The molecule has 0 bridgehead atoms. The fourth-order valence-electron chi connectivity index (χ4n) is 2.36. The highest BCUT2D eigenvalue weighted by molar-refractivity contribution is 4.84. The molecule has 1 fully saturated rings. The third-order valence-corrected chi connectivity index (χ3v) is 3.28. The maximum absolute atomic E-state index is 9.40. The van der Waals surface area contributed by atoms with Gasteiger partial charge < -0.3 is 19.9 Å². The SMILES string of the molecule is CCNC(C)(CO)CC(C)OCC1CCCO1. The highest BCUT2D eigenvalue weighted by atomic mass is 16.5. The molecule has 0 spiro atoms. The van der Waals surface area contributed by atoms with Crippen LogP contribution in [0.5, 0.6) is 0 Å². The maximum Gasteiger partial charge on any atom is 0.0809 e. The van der Waals surface area contributed by atoms with Gasteiger partial charge >= 0.3 is 0 Å². The Balaban J connectivity index is 2.24. The van der Waals surface area contributed by atoms with E-state index in [9.17, 15) is 5.11 Å². The molecule has 1 heterocycles. The van der Waals surface area contributed by atoms with Crippen LogP contribution in [-0.2, 0) is 9.47 Å². The van der Waals surface area contributed by atoms with Gasteiger partial charge in [0.2, 0.25) is 0 Å². The van der Waals surface area contributed by atoms with Crippen LogP contribution < -0.4 is 5.32 Å². The molecule has 0 radical (unpaired) electrons. The van der Waals surface area contributed by atoms with Crippen molar-refractivity contribution in [1.29, 1.82) is 0 Å². The molecular formula is C13H27NO3. The van der Waals surface area contributed by atoms with Gasteiger partial charge in [-0.2, -0.15) is 0 Å². The van der Waals surface area contributed by atoms with Crippen LogP contribution in [0.2, 0.25) is 0 Å². The molecule has 4 nitrogen and oxygen atoms in total. The third kappa shape index (κ3) is 5.34. The molecule has 17 heavy (non-hydrogen) atoms. The van der Waals surface area contributed by atoms with Crippen molar-refractivity contribution in [2.24, 2.45) is 0 Å². The molecule has 3 unspecified atom stereocenters. The molecule has 2 N–H and O–H groups in total. The van der Waals surface area contributed by atoms with Crippen LogP contribution in [0.4, 0.5) is 0 Å². The van der Waals surface area contributed by atoms with E-state index in [4.69, 9.17) is 9.47 Å². The summed E-state index contributed by atoms with van der Waals surface area (Å²) in [6.07, 6.45) is 3.47. The van der Waals surface area contributed by atoms with Crippen molar-refractivity contribution in [3.8, 4) is 0 Å². The molecule has 1 saturated heterocycles. The van der Waals surface area contributed by atoms with Crippen LogP contribution in [0.3, 0.4) is 0 Å². The molecule has 0 aromatic rings. The van der Waals surface area contributed by atoms with E-state index >= 15 is 0 Å². The minimum absolute atomic E-state index is 0.133. The highest BCUT2D eigenvalue weighted by Crippen LogP contribution is 2.17. The first-order valence-corrected chi connectivity index (χ1v) is 6.68. The van der Waals surface area contributed by atoms with Crippen LogP contribution in [0.25, 0.3) is 0 Å². The molecule has 0 aromatic heterocycles. The van der Waals surface area contributed by atoms with E-state index in [2.05, 4.69) is 12.2 Å². The van der Waals surface area contributed by atoms with Crippen LogP contribution in [0, 0.1) is 0 Å². The van der Waals surface area contributed by atoms with Gasteiger partial charge in [-0.1, -0.05) is 6.92 Å². The topological polar surface area (TPSA) is 50.7 Å². The zero-order valence-corrected chi connectivity index (χ0v) is 11.4. The number of aliphatic hydroxyl groups is 1. The van der Waals surface area contributed by atoms with Gasteiger partial charge in [-0.05, 0) is 39.7 Å². The number of hydrogen-bond acceptors (Lipinski definition) is 4. The summed E-state index contributed by atoms with van der Waals surface area (Å²) in [6.45, 7) is 8.67. The number of ether oxygens (including phenoxy) is 2. The van der Waals surface area contributed by atoms with Crippen LogP contribution >= 0.6 is 0 Å².